The van der Waals surface area contributed by atoms with Gasteiger partial charge in [0.25, 0.3) is 5.91 Å². The molecule has 2 heterocycles. The molecule has 1 aliphatic rings. The molecule has 1 saturated heterocycles. The molecule has 3 rings (SSSR count). The van der Waals surface area contributed by atoms with Crippen molar-refractivity contribution in [2.24, 2.45) is 5.73 Å². The van der Waals surface area contributed by atoms with Gasteiger partial charge in [-0.1, -0.05) is 0 Å². The van der Waals surface area contributed by atoms with Gasteiger partial charge < -0.3 is 20.1 Å². The van der Waals surface area contributed by atoms with Crippen molar-refractivity contribution in [3.63, 3.8) is 0 Å². The number of nitrogens with two attached hydrogens (primary N) is 1. The van der Waals surface area contributed by atoms with Crippen LogP contribution >= 0.6 is 0 Å². The summed E-state index contributed by atoms with van der Waals surface area (Å²) >= 11 is 0. The minimum absolute atomic E-state index is 0.0740. The molecule has 0 saturated carbocycles. The van der Waals surface area contributed by atoms with Gasteiger partial charge in [-0.15, -0.1) is 0 Å². The Balaban J connectivity index is 1.47. The first kappa shape index (κ1) is 20.4. The quantitative estimate of drug-likeness (QED) is 0.702. The second-order valence-corrected chi connectivity index (χ2v) is 6.72. The van der Waals surface area contributed by atoms with Gasteiger partial charge in [0.05, 0.1) is 24.4 Å². The largest absolute Gasteiger partial charge is 0.484 e. The van der Waals surface area contributed by atoms with Crippen molar-refractivity contribution in [1.82, 2.24) is 14.7 Å². The third kappa shape index (κ3) is 5.13. The van der Waals surface area contributed by atoms with Crippen molar-refractivity contribution in [2.45, 2.75) is 25.8 Å². The van der Waals surface area contributed by atoms with E-state index in [1.807, 2.05) is 0 Å². The number of esters is 1. The molecule has 0 spiro atoms. The van der Waals surface area contributed by atoms with Gasteiger partial charge in [0.15, 0.2) is 6.61 Å². The molecule has 29 heavy (non-hydrogen) atoms. The first-order valence-corrected chi connectivity index (χ1v) is 9.49. The molecule has 0 radical (unpaired) electrons. The second-order valence-electron chi connectivity index (χ2n) is 6.72. The van der Waals surface area contributed by atoms with Crippen LogP contribution < -0.4 is 10.5 Å². The third-order valence-electron chi connectivity index (χ3n) is 4.81. The first-order valence-electron chi connectivity index (χ1n) is 9.49. The fourth-order valence-electron chi connectivity index (χ4n) is 3.19. The van der Waals surface area contributed by atoms with E-state index in [0.717, 1.165) is 12.8 Å². The van der Waals surface area contributed by atoms with Gasteiger partial charge in [0, 0.05) is 24.8 Å². The highest BCUT2D eigenvalue weighted by Gasteiger charge is 2.25. The maximum atomic E-state index is 12.4. The van der Waals surface area contributed by atoms with Crippen LogP contribution in [0.2, 0.25) is 0 Å². The Morgan fingerprint density at radius 1 is 1.14 bits per heavy atom. The summed E-state index contributed by atoms with van der Waals surface area (Å²) in [4.78, 5) is 37.0. The highest BCUT2D eigenvalue weighted by atomic mass is 16.5. The number of aromatic nitrogens is 2. The van der Waals surface area contributed by atoms with Crippen LogP contribution in [0.1, 0.15) is 46.5 Å². The molecule has 2 aromatic rings. The van der Waals surface area contributed by atoms with E-state index in [-0.39, 0.29) is 24.5 Å². The molecule has 1 fully saturated rings. The molecular weight excluding hydrogens is 376 g/mol. The lowest BCUT2D eigenvalue weighted by Crippen LogP contribution is -2.41. The van der Waals surface area contributed by atoms with Crippen molar-refractivity contribution in [2.75, 3.05) is 26.3 Å². The van der Waals surface area contributed by atoms with Crippen LogP contribution in [-0.4, -0.2) is 58.8 Å². The predicted molar refractivity (Wildman–Crippen MR) is 103 cm³/mol. The van der Waals surface area contributed by atoms with Crippen LogP contribution in [0.15, 0.2) is 36.7 Å². The lowest BCUT2D eigenvalue weighted by Gasteiger charge is -2.32. The van der Waals surface area contributed by atoms with E-state index in [4.69, 9.17) is 15.2 Å². The minimum atomic E-state index is -0.512. The van der Waals surface area contributed by atoms with Gasteiger partial charge in [-0.2, -0.15) is 5.10 Å². The van der Waals surface area contributed by atoms with Gasteiger partial charge in [-0.25, -0.2) is 4.79 Å². The van der Waals surface area contributed by atoms with Gasteiger partial charge in [0.2, 0.25) is 5.91 Å². The lowest BCUT2D eigenvalue weighted by molar-refractivity contribution is -0.134. The number of carbonyl (C=O) groups is 3. The summed E-state index contributed by atoms with van der Waals surface area (Å²) in [6.07, 6.45) is 4.68. The predicted octanol–water partition coefficient (Wildman–Crippen LogP) is 1.40. The molecule has 1 aromatic carbocycles. The Kier molecular flexibility index (Phi) is 6.48. The van der Waals surface area contributed by atoms with Crippen LogP contribution in [0.4, 0.5) is 0 Å². The van der Waals surface area contributed by atoms with Crippen LogP contribution in [0.25, 0.3) is 0 Å². The number of carbonyl (C=O) groups excluding carboxylic acids is 3. The second kappa shape index (κ2) is 9.22. The van der Waals surface area contributed by atoms with Gasteiger partial charge >= 0.3 is 5.97 Å². The molecular formula is C20H24N4O5. The number of amides is 2. The Hall–Kier alpha value is -3.36. The molecule has 1 aromatic heterocycles. The Labute approximate surface area is 168 Å². The Morgan fingerprint density at radius 2 is 1.83 bits per heavy atom. The molecule has 9 heteroatoms. The molecule has 154 valence electrons. The third-order valence-corrected chi connectivity index (χ3v) is 4.81. The number of hydrogen-bond donors (Lipinski definition) is 1. The topological polar surface area (TPSA) is 117 Å². The molecule has 1 aliphatic heterocycles. The fourth-order valence-corrected chi connectivity index (χ4v) is 3.19. The number of benzene rings is 1. The van der Waals surface area contributed by atoms with Gasteiger partial charge in [-0.3, -0.25) is 14.3 Å². The van der Waals surface area contributed by atoms with Crippen molar-refractivity contribution >= 4 is 17.8 Å². The van der Waals surface area contributed by atoms with Gasteiger partial charge in [0.1, 0.15) is 5.75 Å². The average Bonchev–Trinajstić information content (AvgIpc) is 3.23. The molecule has 0 bridgehead atoms. The smallest absolute Gasteiger partial charge is 0.341 e. The molecule has 0 unspecified atom stereocenters. The molecule has 0 atom stereocenters. The monoisotopic (exact) mass is 400 g/mol. The number of piperidine rings is 1. The van der Waals surface area contributed by atoms with Crippen LogP contribution in [0.3, 0.4) is 0 Å². The number of ether oxygens (including phenoxy) is 2. The SMILES string of the molecule is CCOC(=O)c1cnn(C2CCN(C(=O)COc3ccc(C(N)=O)cc3)CC2)c1. The average molecular weight is 400 g/mol. The van der Waals surface area contributed by atoms with Crippen molar-refractivity contribution < 1.29 is 23.9 Å². The standard InChI is InChI=1S/C20H24N4O5/c1-2-28-20(27)15-11-22-24(12-15)16-7-9-23(10-8-16)18(25)13-29-17-5-3-14(4-6-17)19(21)26/h3-6,11-12,16H,2,7-10,13H2,1H3,(H2,21,26). The van der Waals surface area contributed by atoms with Crippen LogP contribution in [-0.2, 0) is 9.53 Å². The highest BCUT2D eigenvalue weighted by molar-refractivity contribution is 5.92. The van der Waals surface area contributed by atoms with E-state index in [9.17, 15) is 14.4 Å². The number of hydrogen-bond acceptors (Lipinski definition) is 6. The van der Waals surface area contributed by atoms with E-state index in [2.05, 4.69) is 5.10 Å². The van der Waals surface area contributed by atoms with Crippen LogP contribution in [0, 0.1) is 0 Å². The van der Waals surface area contributed by atoms with E-state index >= 15 is 0 Å². The summed E-state index contributed by atoms with van der Waals surface area (Å²) in [5, 5.41) is 4.26. The minimum Gasteiger partial charge on any atom is -0.484 e. The zero-order valence-electron chi connectivity index (χ0n) is 16.2. The Bertz CT molecular complexity index is 869. The number of likely N-dealkylation sites (tertiary alicyclic amines) is 1. The summed E-state index contributed by atoms with van der Waals surface area (Å²) in [6.45, 7) is 3.18. The molecule has 0 aliphatic carbocycles. The summed E-state index contributed by atoms with van der Waals surface area (Å²) in [7, 11) is 0. The van der Waals surface area contributed by atoms with E-state index in [1.54, 1.807) is 47.0 Å². The first-order chi connectivity index (χ1) is 14.0. The normalized spacial score (nSPS) is 14.4. The number of nitrogens with zero attached hydrogens (tertiary/aromatic N) is 3. The summed E-state index contributed by atoms with van der Waals surface area (Å²) < 4.78 is 12.3. The molecule has 9 nitrogen and oxygen atoms in total. The highest BCUT2D eigenvalue weighted by Crippen LogP contribution is 2.22. The number of primary amides is 1. The summed E-state index contributed by atoms with van der Waals surface area (Å²) in [5.41, 5.74) is 6.01. The summed E-state index contributed by atoms with van der Waals surface area (Å²) in [5.74, 6) is -0.495. The van der Waals surface area contributed by atoms with Crippen molar-refractivity contribution in [3.05, 3.63) is 47.8 Å². The van der Waals surface area contributed by atoms with E-state index < -0.39 is 5.91 Å². The van der Waals surface area contributed by atoms with Gasteiger partial charge in [-0.05, 0) is 44.0 Å². The lowest BCUT2D eigenvalue weighted by atomic mass is 10.1. The maximum Gasteiger partial charge on any atom is 0.341 e. The zero-order chi connectivity index (χ0) is 20.8. The van der Waals surface area contributed by atoms with Crippen molar-refractivity contribution in [1.29, 1.82) is 0 Å². The zero-order valence-corrected chi connectivity index (χ0v) is 16.2. The Morgan fingerprint density at radius 3 is 2.45 bits per heavy atom. The number of rotatable bonds is 7. The van der Waals surface area contributed by atoms with Crippen LogP contribution in [0.5, 0.6) is 5.75 Å². The van der Waals surface area contributed by atoms with E-state index in [0.29, 0.717) is 36.6 Å². The molecule has 2 amide bonds. The summed E-state index contributed by atoms with van der Waals surface area (Å²) in [6, 6.07) is 6.46. The fraction of sp³-hybridized carbons (Fsp3) is 0.400. The molecule has 2 N–H and O–H groups in total. The van der Waals surface area contributed by atoms with E-state index in [1.165, 1.54) is 6.20 Å². The maximum absolute atomic E-state index is 12.4. The van der Waals surface area contributed by atoms with Crippen molar-refractivity contribution in [3.8, 4) is 5.75 Å².